The topological polar surface area (TPSA) is 75.1 Å². The van der Waals surface area contributed by atoms with Crippen LogP contribution < -0.4 is 4.90 Å². The molecule has 0 spiro atoms. The maximum absolute atomic E-state index is 13.0. The molecule has 0 bridgehead atoms. The van der Waals surface area contributed by atoms with E-state index in [2.05, 4.69) is 27.1 Å². The Bertz CT molecular complexity index is 1020. The van der Waals surface area contributed by atoms with E-state index in [0.29, 0.717) is 18.2 Å². The van der Waals surface area contributed by atoms with Crippen LogP contribution in [0.5, 0.6) is 0 Å². The molecule has 4 rings (SSSR count). The van der Waals surface area contributed by atoms with Crippen molar-refractivity contribution < 1.29 is 4.79 Å². The number of anilines is 1. The number of likely N-dealkylation sites (tertiary alicyclic amines) is 1. The van der Waals surface area contributed by atoms with Crippen molar-refractivity contribution in [2.75, 3.05) is 32.1 Å². The molecule has 3 heterocycles. The summed E-state index contributed by atoms with van der Waals surface area (Å²) in [5.74, 6) is 0.742. The molecule has 0 unspecified atom stereocenters. The molecule has 1 aliphatic heterocycles. The lowest BCUT2D eigenvalue weighted by atomic mass is 9.90. The molecule has 154 valence electrons. The molecule has 1 aromatic carbocycles. The van der Waals surface area contributed by atoms with Gasteiger partial charge in [0.2, 0.25) is 5.95 Å². The predicted octanol–water partition coefficient (Wildman–Crippen LogP) is 3.33. The van der Waals surface area contributed by atoms with Crippen LogP contribution in [0.4, 0.5) is 5.95 Å². The van der Waals surface area contributed by atoms with E-state index >= 15 is 0 Å². The van der Waals surface area contributed by atoms with Gasteiger partial charge in [0.25, 0.3) is 5.91 Å². The zero-order valence-corrected chi connectivity index (χ0v) is 17.6. The average molecular weight is 403 g/mol. The first-order valence-corrected chi connectivity index (χ1v) is 10.2. The summed E-state index contributed by atoms with van der Waals surface area (Å²) in [6.07, 6.45) is 7.00. The smallest absolute Gasteiger partial charge is 0.274 e. The highest BCUT2D eigenvalue weighted by Gasteiger charge is 2.29. The zero-order chi connectivity index (χ0) is 21.1. The summed E-state index contributed by atoms with van der Waals surface area (Å²) in [5, 5.41) is 0. The molecule has 1 atom stereocenters. The second kappa shape index (κ2) is 8.57. The fourth-order valence-corrected chi connectivity index (χ4v) is 3.80. The standard InChI is InChI=1S/C23H26N6O/c1-16-12-25-20(14-24-16)22(30)29-11-7-10-18(15-29)21-19(17-8-5-4-6-9-17)13-26-23(27-21)28(2)3/h4-6,8-9,12-14,18H,7,10-11,15H2,1-3H3/t18-/m0/s1. The van der Waals surface area contributed by atoms with Gasteiger partial charge in [-0.3, -0.25) is 9.78 Å². The summed E-state index contributed by atoms with van der Waals surface area (Å²) in [5.41, 5.74) is 4.29. The number of aromatic nitrogens is 4. The molecule has 7 nitrogen and oxygen atoms in total. The Hall–Kier alpha value is -3.35. The summed E-state index contributed by atoms with van der Waals surface area (Å²) < 4.78 is 0. The monoisotopic (exact) mass is 402 g/mol. The molecule has 30 heavy (non-hydrogen) atoms. The fraction of sp³-hybridized carbons (Fsp3) is 0.348. The molecule has 3 aromatic rings. The van der Waals surface area contributed by atoms with E-state index in [9.17, 15) is 4.79 Å². The number of benzene rings is 1. The van der Waals surface area contributed by atoms with Gasteiger partial charge < -0.3 is 9.80 Å². The number of rotatable bonds is 4. The van der Waals surface area contributed by atoms with Crippen molar-refractivity contribution in [3.63, 3.8) is 0 Å². The Morgan fingerprint density at radius 3 is 2.57 bits per heavy atom. The van der Waals surface area contributed by atoms with E-state index in [4.69, 9.17) is 4.98 Å². The van der Waals surface area contributed by atoms with Gasteiger partial charge in [0.1, 0.15) is 5.69 Å². The van der Waals surface area contributed by atoms with Crippen molar-refractivity contribution in [2.45, 2.75) is 25.7 Å². The van der Waals surface area contributed by atoms with Crippen LogP contribution in [0.25, 0.3) is 11.1 Å². The van der Waals surface area contributed by atoms with Gasteiger partial charge in [-0.1, -0.05) is 30.3 Å². The van der Waals surface area contributed by atoms with Crippen LogP contribution in [0.1, 0.15) is 40.6 Å². The Balaban J connectivity index is 1.66. The molecule has 0 aliphatic carbocycles. The van der Waals surface area contributed by atoms with Crippen molar-refractivity contribution in [1.82, 2.24) is 24.8 Å². The van der Waals surface area contributed by atoms with Crippen LogP contribution in [0, 0.1) is 6.92 Å². The van der Waals surface area contributed by atoms with Crippen LogP contribution in [-0.2, 0) is 0 Å². The normalized spacial score (nSPS) is 16.4. The van der Waals surface area contributed by atoms with Gasteiger partial charge in [0.05, 0.1) is 17.6 Å². The molecule has 0 N–H and O–H groups in total. The van der Waals surface area contributed by atoms with Crippen LogP contribution in [0.15, 0.2) is 48.9 Å². The molecule has 1 aliphatic rings. The summed E-state index contributed by atoms with van der Waals surface area (Å²) in [6.45, 7) is 3.19. The quantitative estimate of drug-likeness (QED) is 0.666. The molecule has 2 aromatic heterocycles. The molecule has 1 fully saturated rings. The zero-order valence-electron chi connectivity index (χ0n) is 17.6. The molecule has 1 saturated heterocycles. The number of hydrogen-bond acceptors (Lipinski definition) is 6. The molecule has 0 radical (unpaired) electrons. The van der Waals surface area contributed by atoms with Gasteiger partial charge in [0, 0.05) is 51.1 Å². The second-order valence-corrected chi connectivity index (χ2v) is 7.86. The Labute approximate surface area is 176 Å². The number of carbonyl (C=O) groups is 1. The highest BCUT2D eigenvalue weighted by molar-refractivity contribution is 5.92. The van der Waals surface area contributed by atoms with Crippen LogP contribution in [-0.4, -0.2) is 57.9 Å². The Morgan fingerprint density at radius 1 is 1.07 bits per heavy atom. The van der Waals surface area contributed by atoms with E-state index < -0.39 is 0 Å². The third-order valence-corrected chi connectivity index (χ3v) is 5.39. The number of piperidine rings is 1. The lowest BCUT2D eigenvalue weighted by molar-refractivity contribution is 0.0699. The number of hydrogen-bond donors (Lipinski definition) is 0. The minimum absolute atomic E-state index is 0.0737. The molecular formula is C23H26N6O. The van der Waals surface area contributed by atoms with Gasteiger partial charge in [0.15, 0.2) is 0 Å². The summed E-state index contributed by atoms with van der Waals surface area (Å²) >= 11 is 0. The molecular weight excluding hydrogens is 376 g/mol. The predicted molar refractivity (Wildman–Crippen MR) is 116 cm³/mol. The maximum Gasteiger partial charge on any atom is 0.274 e. The first-order valence-electron chi connectivity index (χ1n) is 10.2. The Morgan fingerprint density at radius 2 is 1.87 bits per heavy atom. The number of carbonyl (C=O) groups excluding carboxylic acids is 1. The van der Waals surface area contributed by atoms with Crippen molar-refractivity contribution in [3.8, 4) is 11.1 Å². The number of nitrogens with zero attached hydrogens (tertiary/aromatic N) is 6. The lowest BCUT2D eigenvalue weighted by Crippen LogP contribution is -2.40. The van der Waals surface area contributed by atoms with Gasteiger partial charge in [-0.2, -0.15) is 0 Å². The van der Waals surface area contributed by atoms with Gasteiger partial charge in [-0.05, 0) is 25.3 Å². The third kappa shape index (κ3) is 4.15. The Kier molecular flexibility index (Phi) is 5.70. The first-order chi connectivity index (χ1) is 14.5. The number of amides is 1. The van der Waals surface area contributed by atoms with Crippen LogP contribution in [0.2, 0.25) is 0 Å². The van der Waals surface area contributed by atoms with E-state index in [0.717, 1.165) is 41.9 Å². The highest BCUT2D eigenvalue weighted by atomic mass is 16.2. The molecule has 7 heteroatoms. The first kappa shape index (κ1) is 19.9. The van der Waals surface area contributed by atoms with E-state index in [1.165, 1.54) is 0 Å². The van der Waals surface area contributed by atoms with Gasteiger partial charge in [-0.15, -0.1) is 0 Å². The highest BCUT2D eigenvalue weighted by Crippen LogP contribution is 2.34. The molecule has 0 saturated carbocycles. The van der Waals surface area contributed by atoms with Gasteiger partial charge in [-0.25, -0.2) is 15.0 Å². The van der Waals surface area contributed by atoms with Crippen molar-refractivity contribution >= 4 is 11.9 Å². The van der Waals surface area contributed by atoms with E-state index in [1.807, 2.05) is 55.2 Å². The lowest BCUT2D eigenvalue weighted by Gasteiger charge is -2.33. The summed E-state index contributed by atoms with van der Waals surface area (Å²) in [7, 11) is 3.88. The largest absolute Gasteiger partial charge is 0.347 e. The van der Waals surface area contributed by atoms with Crippen molar-refractivity contribution in [1.29, 1.82) is 0 Å². The maximum atomic E-state index is 13.0. The third-order valence-electron chi connectivity index (χ3n) is 5.39. The van der Waals surface area contributed by atoms with Crippen molar-refractivity contribution in [2.24, 2.45) is 0 Å². The molecule has 1 amide bonds. The average Bonchev–Trinajstić information content (AvgIpc) is 2.79. The van der Waals surface area contributed by atoms with E-state index in [-0.39, 0.29) is 11.8 Å². The van der Waals surface area contributed by atoms with Crippen LogP contribution in [0.3, 0.4) is 0 Å². The minimum atomic E-state index is -0.0737. The SMILES string of the molecule is Cc1cnc(C(=O)N2CCC[C@H](c3nc(N(C)C)ncc3-c3ccccc3)C2)cn1. The van der Waals surface area contributed by atoms with Gasteiger partial charge >= 0.3 is 0 Å². The van der Waals surface area contributed by atoms with E-state index in [1.54, 1.807) is 12.4 Å². The summed E-state index contributed by atoms with van der Waals surface area (Å²) in [4.78, 5) is 34.7. The van der Waals surface area contributed by atoms with Crippen molar-refractivity contribution in [3.05, 3.63) is 66.0 Å². The minimum Gasteiger partial charge on any atom is -0.347 e. The summed E-state index contributed by atoms with van der Waals surface area (Å²) in [6, 6.07) is 10.2. The second-order valence-electron chi connectivity index (χ2n) is 7.86. The number of aryl methyl sites for hydroxylation is 1. The van der Waals surface area contributed by atoms with Crippen LogP contribution >= 0.6 is 0 Å². The fourth-order valence-electron chi connectivity index (χ4n) is 3.80.